The van der Waals surface area contributed by atoms with Gasteiger partial charge in [0.1, 0.15) is 11.0 Å². The first-order chi connectivity index (χ1) is 14.1. The van der Waals surface area contributed by atoms with Crippen LogP contribution in [0.15, 0.2) is 59.7 Å². The first kappa shape index (κ1) is 19.8. The van der Waals surface area contributed by atoms with E-state index in [0.717, 1.165) is 34.5 Å². The molecule has 0 bridgehead atoms. The number of aliphatic hydroxyl groups excluding tert-OH is 1. The van der Waals surface area contributed by atoms with Gasteiger partial charge in [0.2, 0.25) is 0 Å². The Bertz CT molecular complexity index is 1210. The molecule has 2 aromatic carbocycles. The van der Waals surface area contributed by atoms with E-state index in [4.69, 9.17) is 11.6 Å². The van der Waals surface area contributed by atoms with Crippen molar-refractivity contribution in [3.8, 4) is 16.1 Å². The van der Waals surface area contributed by atoms with Gasteiger partial charge in [-0.2, -0.15) is 0 Å². The molecule has 4 rings (SSSR count). The number of rotatable bonds is 6. The van der Waals surface area contributed by atoms with E-state index in [-0.39, 0.29) is 12.2 Å². The quantitative estimate of drug-likeness (QED) is 0.459. The van der Waals surface area contributed by atoms with E-state index < -0.39 is 0 Å². The third-order valence-electron chi connectivity index (χ3n) is 4.94. The molecule has 29 heavy (non-hydrogen) atoms. The molecule has 0 atom stereocenters. The number of hydrogen-bond donors (Lipinski definition) is 1. The third-order valence-corrected chi connectivity index (χ3v) is 6.35. The Morgan fingerprint density at radius 3 is 2.59 bits per heavy atom. The zero-order valence-corrected chi connectivity index (χ0v) is 17.6. The van der Waals surface area contributed by atoms with E-state index in [0.29, 0.717) is 21.7 Å². The molecular formula is C23H21ClN2O2S. The normalized spacial score (nSPS) is 11.3. The van der Waals surface area contributed by atoms with Crippen LogP contribution in [0.3, 0.4) is 0 Å². The molecule has 0 aliphatic rings. The first-order valence-electron chi connectivity index (χ1n) is 9.61. The Morgan fingerprint density at radius 2 is 1.86 bits per heavy atom. The highest BCUT2D eigenvalue weighted by Gasteiger charge is 2.13. The van der Waals surface area contributed by atoms with Crippen LogP contribution in [0.1, 0.15) is 24.5 Å². The smallest absolute Gasteiger partial charge is 0.275 e. The summed E-state index contributed by atoms with van der Waals surface area (Å²) in [6, 6.07) is 15.5. The summed E-state index contributed by atoms with van der Waals surface area (Å²) >= 11 is 7.42. The number of fused-ring (bicyclic) bond motifs is 1. The minimum atomic E-state index is -0.0848. The zero-order valence-electron chi connectivity index (χ0n) is 16.1. The molecule has 0 aliphatic heterocycles. The van der Waals surface area contributed by atoms with E-state index >= 15 is 0 Å². The van der Waals surface area contributed by atoms with Crippen LogP contribution in [-0.2, 0) is 12.8 Å². The van der Waals surface area contributed by atoms with Gasteiger partial charge in [-0.25, -0.2) is 4.98 Å². The van der Waals surface area contributed by atoms with Crippen molar-refractivity contribution in [1.29, 1.82) is 0 Å². The number of thiophene rings is 1. The lowest BCUT2D eigenvalue weighted by atomic mass is 10.00. The summed E-state index contributed by atoms with van der Waals surface area (Å²) in [6.07, 6.45) is 4.15. The standard InChI is InChI=1S/C23H21ClN2O2S/c1-2-3-15-6-9-19(12-17(15)10-11-27)26-14-25-20-13-21(29-22(20)23(26)28)16-4-7-18(24)8-5-16/h4-9,12-14,27H,2-3,10-11H2,1H3. The Hall–Kier alpha value is -2.47. The van der Waals surface area contributed by atoms with Crippen LogP contribution in [0.25, 0.3) is 26.3 Å². The molecule has 4 aromatic rings. The lowest BCUT2D eigenvalue weighted by Crippen LogP contribution is -2.18. The summed E-state index contributed by atoms with van der Waals surface area (Å²) in [5, 5.41) is 10.1. The van der Waals surface area contributed by atoms with E-state index in [2.05, 4.69) is 11.9 Å². The van der Waals surface area contributed by atoms with Gasteiger partial charge in [-0.15, -0.1) is 11.3 Å². The van der Waals surface area contributed by atoms with Gasteiger partial charge >= 0.3 is 0 Å². The fourth-order valence-electron chi connectivity index (χ4n) is 3.48. The number of aromatic nitrogens is 2. The summed E-state index contributed by atoms with van der Waals surface area (Å²) in [5.74, 6) is 0. The van der Waals surface area contributed by atoms with Crippen LogP contribution < -0.4 is 5.56 Å². The van der Waals surface area contributed by atoms with Crippen LogP contribution in [0.2, 0.25) is 5.02 Å². The van der Waals surface area contributed by atoms with Crippen LogP contribution >= 0.6 is 22.9 Å². The van der Waals surface area contributed by atoms with Crippen molar-refractivity contribution in [2.75, 3.05) is 6.61 Å². The maximum atomic E-state index is 13.2. The highest BCUT2D eigenvalue weighted by Crippen LogP contribution is 2.31. The SMILES string of the molecule is CCCc1ccc(-n2cnc3cc(-c4ccc(Cl)cc4)sc3c2=O)cc1CCO. The predicted octanol–water partition coefficient (Wildman–Crippen LogP) is 5.25. The summed E-state index contributed by atoms with van der Waals surface area (Å²) in [5.41, 5.74) is 4.69. The van der Waals surface area contributed by atoms with Crippen LogP contribution in [-0.4, -0.2) is 21.3 Å². The molecule has 2 aromatic heterocycles. The Balaban J connectivity index is 1.79. The molecule has 0 aliphatic carbocycles. The summed E-state index contributed by atoms with van der Waals surface area (Å²) < 4.78 is 2.21. The largest absolute Gasteiger partial charge is 0.396 e. The monoisotopic (exact) mass is 424 g/mol. The molecule has 6 heteroatoms. The maximum Gasteiger partial charge on any atom is 0.275 e. The molecule has 2 heterocycles. The number of benzene rings is 2. The van der Waals surface area contributed by atoms with Crippen molar-refractivity contribution in [1.82, 2.24) is 9.55 Å². The lowest BCUT2D eigenvalue weighted by Gasteiger charge is -2.12. The molecular weight excluding hydrogens is 404 g/mol. The molecule has 0 spiro atoms. The highest BCUT2D eigenvalue weighted by molar-refractivity contribution is 7.22. The van der Waals surface area contributed by atoms with Gasteiger partial charge < -0.3 is 5.11 Å². The van der Waals surface area contributed by atoms with Gasteiger partial charge in [0, 0.05) is 16.5 Å². The molecule has 148 valence electrons. The molecule has 0 saturated heterocycles. The van der Waals surface area contributed by atoms with Crippen molar-refractivity contribution in [2.24, 2.45) is 0 Å². The van der Waals surface area contributed by atoms with Crippen molar-refractivity contribution in [3.63, 3.8) is 0 Å². The number of nitrogens with zero attached hydrogens (tertiary/aromatic N) is 2. The second-order valence-corrected chi connectivity index (χ2v) is 8.42. The van der Waals surface area contributed by atoms with E-state index in [9.17, 15) is 9.90 Å². The predicted molar refractivity (Wildman–Crippen MR) is 120 cm³/mol. The minimum absolute atomic E-state index is 0.0848. The average Bonchev–Trinajstić information content (AvgIpc) is 3.16. The van der Waals surface area contributed by atoms with Gasteiger partial charge in [0.25, 0.3) is 5.56 Å². The fraction of sp³-hybridized carbons (Fsp3) is 0.217. The molecule has 4 nitrogen and oxygen atoms in total. The number of halogens is 1. The number of hydrogen-bond acceptors (Lipinski definition) is 4. The van der Waals surface area contributed by atoms with Crippen molar-refractivity contribution >= 4 is 33.2 Å². The van der Waals surface area contributed by atoms with E-state index in [1.807, 2.05) is 48.5 Å². The third kappa shape index (κ3) is 3.99. The van der Waals surface area contributed by atoms with Crippen molar-refractivity contribution < 1.29 is 5.11 Å². The summed E-state index contributed by atoms with van der Waals surface area (Å²) in [4.78, 5) is 18.7. The summed E-state index contributed by atoms with van der Waals surface area (Å²) in [7, 11) is 0. The van der Waals surface area contributed by atoms with Crippen LogP contribution in [0.5, 0.6) is 0 Å². The van der Waals surface area contributed by atoms with E-state index in [1.54, 1.807) is 10.9 Å². The van der Waals surface area contributed by atoms with Crippen LogP contribution in [0.4, 0.5) is 0 Å². The molecule has 0 radical (unpaired) electrons. The highest BCUT2D eigenvalue weighted by atomic mass is 35.5. The second-order valence-electron chi connectivity index (χ2n) is 6.93. The molecule has 0 fully saturated rings. The average molecular weight is 425 g/mol. The van der Waals surface area contributed by atoms with E-state index in [1.165, 1.54) is 16.9 Å². The molecule has 0 unspecified atom stereocenters. The molecule has 0 saturated carbocycles. The van der Waals surface area contributed by atoms with Crippen molar-refractivity contribution in [3.05, 3.63) is 81.4 Å². The lowest BCUT2D eigenvalue weighted by molar-refractivity contribution is 0.299. The van der Waals surface area contributed by atoms with Gasteiger partial charge in [0.15, 0.2) is 0 Å². The Morgan fingerprint density at radius 1 is 1.07 bits per heavy atom. The zero-order chi connectivity index (χ0) is 20.4. The van der Waals surface area contributed by atoms with Crippen LogP contribution in [0, 0.1) is 0 Å². The number of aryl methyl sites for hydroxylation is 1. The number of aliphatic hydroxyl groups is 1. The fourth-order valence-corrected chi connectivity index (χ4v) is 4.65. The Labute approximate surface area is 178 Å². The van der Waals surface area contributed by atoms with Gasteiger partial charge in [-0.05, 0) is 59.9 Å². The Kier molecular flexibility index (Phi) is 5.81. The van der Waals surface area contributed by atoms with Gasteiger partial charge in [-0.3, -0.25) is 9.36 Å². The first-order valence-corrected chi connectivity index (χ1v) is 10.8. The molecule has 1 N–H and O–H groups in total. The van der Waals surface area contributed by atoms with Gasteiger partial charge in [0.05, 0.1) is 11.2 Å². The van der Waals surface area contributed by atoms with Crippen molar-refractivity contribution in [2.45, 2.75) is 26.2 Å². The molecule has 0 amide bonds. The minimum Gasteiger partial charge on any atom is -0.396 e. The summed E-state index contributed by atoms with van der Waals surface area (Å²) in [6.45, 7) is 2.22. The topological polar surface area (TPSA) is 55.1 Å². The van der Waals surface area contributed by atoms with Gasteiger partial charge in [-0.1, -0.05) is 43.1 Å². The maximum absolute atomic E-state index is 13.2. The second kappa shape index (κ2) is 8.49.